The summed E-state index contributed by atoms with van der Waals surface area (Å²) in [4.78, 5) is 12.5. The number of carbonyl (C=O) groups excluding carboxylic acids is 1. The Bertz CT molecular complexity index is 926. The van der Waals surface area contributed by atoms with Crippen LogP contribution >= 0.6 is 11.8 Å². The number of nitrogens with one attached hydrogen (secondary N) is 1. The maximum absolute atomic E-state index is 12.5. The van der Waals surface area contributed by atoms with E-state index < -0.39 is 0 Å². The highest BCUT2D eigenvalue weighted by molar-refractivity contribution is 7.99. The van der Waals surface area contributed by atoms with Crippen LogP contribution < -0.4 is 5.32 Å². The fraction of sp³-hybridized carbons (Fsp3) is 0.286. The zero-order valence-corrected chi connectivity index (χ0v) is 16.9. The minimum absolute atomic E-state index is 0.0905. The Morgan fingerprint density at radius 3 is 2.64 bits per heavy atom. The van der Waals surface area contributed by atoms with Crippen LogP contribution in [0.3, 0.4) is 0 Å². The number of benzene rings is 2. The molecule has 28 heavy (non-hydrogen) atoms. The lowest BCUT2D eigenvalue weighted by Gasteiger charge is -2.12. The van der Waals surface area contributed by atoms with Crippen LogP contribution in [0, 0.1) is 0 Å². The van der Waals surface area contributed by atoms with Gasteiger partial charge in [0.15, 0.2) is 5.16 Å². The number of nitrogens with zero attached hydrogens (tertiary/aromatic N) is 3. The van der Waals surface area contributed by atoms with Gasteiger partial charge in [-0.2, -0.15) is 0 Å². The Balaban J connectivity index is 1.66. The van der Waals surface area contributed by atoms with Gasteiger partial charge < -0.3 is 10.1 Å². The third-order valence-corrected chi connectivity index (χ3v) is 5.18. The molecule has 0 unspecified atom stereocenters. The summed E-state index contributed by atoms with van der Waals surface area (Å²) < 4.78 is 7.40. The molecule has 0 spiro atoms. The molecule has 0 saturated heterocycles. The maximum Gasteiger partial charge on any atom is 0.234 e. The summed E-state index contributed by atoms with van der Waals surface area (Å²) in [5.74, 6) is 0.156. The van der Waals surface area contributed by atoms with E-state index in [1.54, 1.807) is 6.33 Å². The molecule has 146 valence electrons. The maximum atomic E-state index is 12.5. The van der Waals surface area contributed by atoms with E-state index in [0.29, 0.717) is 18.4 Å². The number of anilines is 1. The van der Waals surface area contributed by atoms with Gasteiger partial charge in [-0.1, -0.05) is 55.1 Å². The molecule has 0 saturated carbocycles. The first-order chi connectivity index (χ1) is 13.7. The molecule has 1 N–H and O–H groups in total. The average molecular weight is 397 g/mol. The normalized spacial score (nSPS) is 10.8. The quantitative estimate of drug-likeness (QED) is 0.552. The lowest BCUT2D eigenvalue weighted by atomic mass is 10.1. The molecule has 2 aromatic carbocycles. The Kier molecular flexibility index (Phi) is 7.22. The van der Waals surface area contributed by atoms with Gasteiger partial charge in [0.05, 0.1) is 18.0 Å². The number of hydrogen-bond donors (Lipinski definition) is 1. The Hall–Kier alpha value is -2.64. The number of ether oxygens (including phenoxy) is 1. The number of thioether (sulfide) groups is 1. The summed E-state index contributed by atoms with van der Waals surface area (Å²) in [7, 11) is 0. The van der Waals surface area contributed by atoms with E-state index in [-0.39, 0.29) is 11.7 Å². The second-order valence-electron chi connectivity index (χ2n) is 6.10. The number of para-hydroxylation sites is 2. The Morgan fingerprint density at radius 1 is 1.11 bits per heavy atom. The van der Waals surface area contributed by atoms with Gasteiger partial charge in [-0.15, -0.1) is 10.2 Å². The van der Waals surface area contributed by atoms with Crippen molar-refractivity contribution in [1.29, 1.82) is 0 Å². The van der Waals surface area contributed by atoms with Crippen molar-refractivity contribution in [1.82, 2.24) is 14.8 Å². The van der Waals surface area contributed by atoms with Gasteiger partial charge in [0, 0.05) is 17.9 Å². The number of rotatable bonds is 9. The average Bonchev–Trinajstić information content (AvgIpc) is 3.20. The molecule has 1 amide bonds. The topological polar surface area (TPSA) is 69.0 Å². The molecule has 1 heterocycles. The van der Waals surface area contributed by atoms with E-state index in [1.807, 2.05) is 54.0 Å². The van der Waals surface area contributed by atoms with Crippen molar-refractivity contribution in [3.8, 4) is 5.69 Å². The van der Waals surface area contributed by atoms with Crippen molar-refractivity contribution in [2.75, 3.05) is 17.7 Å². The molecule has 0 aliphatic carbocycles. The summed E-state index contributed by atoms with van der Waals surface area (Å²) in [6.07, 6.45) is 2.60. The summed E-state index contributed by atoms with van der Waals surface area (Å²) in [6.45, 7) is 5.17. The number of carbonyl (C=O) groups is 1. The van der Waals surface area contributed by atoms with Crippen LogP contribution in [0.25, 0.3) is 5.69 Å². The van der Waals surface area contributed by atoms with Crippen molar-refractivity contribution in [3.05, 3.63) is 66.0 Å². The van der Waals surface area contributed by atoms with Crippen molar-refractivity contribution in [2.45, 2.75) is 32.0 Å². The highest BCUT2D eigenvalue weighted by atomic mass is 32.2. The molecule has 0 radical (unpaired) electrons. The van der Waals surface area contributed by atoms with Gasteiger partial charge in [-0.05, 0) is 31.0 Å². The third-order valence-electron chi connectivity index (χ3n) is 4.23. The summed E-state index contributed by atoms with van der Waals surface area (Å²) >= 11 is 1.36. The van der Waals surface area contributed by atoms with Gasteiger partial charge in [0.25, 0.3) is 0 Å². The van der Waals surface area contributed by atoms with Gasteiger partial charge >= 0.3 is 0 Å². The number of aromatic nitrogens is 3. The smallest absolute Gasteiger partial charge is 0.234 e. The zero-order chi connectivity index (χ0) is 19.8. The monoisotopic (exact) mass is 396 g/mol. The fourth-order valence-corrected chi connectivity index (χ4v) is 3.55. The standard InChI is InChI=1S/C21H24N4O2S/c1-3-16-9-6-8-12-19(16)25-15-22-24-21(25)28-14-20(26)23-18-11-7-5-10-17(18)13-27-4-2/h5-12,15H,3-4,13-14H2,1-2H3,(H,23,26). The van der Waals surface area contributed by atoms with E-state index in [2.05, 4.69) is 28.5 Å². The number of amides is 1. The Labute approximate surface area is 169 Å². The molecule has 3 rings (SSSR count). The van der Waals surface area contributed by atoms with Crippen LogP contribution in [0.2, 0.25) is 0 Å². The minimum Gasteiger partial charge on any atom is -0.377 e. The first-order valence-electron chi connectivity index (χ1n) is 9.29. The molecule has 0 aliphatic heterocycles. The predicted octanol–water partition coefficient (Wildman–Crippen LogP) is 4.10. The largest absolute Gasteiger partial charge is 0.377 e. The van der Waals surface area contributed by atoms with Crippen LogP contribution in [0.4, 0.5) is 5.69 Å². The molecule has 1 aromatic heterocycles. The summed E-state index contributed by atoms with van der Waals surface area (Å²) in [6, 6.07) is 15.8. The van der Waals surface area contributed by atoms with Gasteiger partial charge in [0.1, 0.15) is 6.33 Å². The second kappa shape index (κ2) is 10.1. The van der Waals surface area contributed by atoms with E-state index in [0.717, 1.165) is 23.4 Å². The van der Waals surface area contributed by atoms with Crippen LogP contribution in [0.15, 0.2) is 60.0 Å². The number of aryl methyl sites for hydroxylation is 1. The molecule has 7 heteroatoms. The fourth-order valence-electron chi connectivity index (χ4n) is 2.83. The van der Waals surface area contributed by atoms with E-state index in [9.17, 15) is 4.79 Å². The van der Waals surface area contributed by atoms with E-state index >= 15 is 0 Å². The lowest BCUT2D eigenvalue weighted by Crippen LogP contribution is -2.16. The molecular weight excluding hydrogens is 372 g/mol. The second-order valence-corrected chi connectivity index (χ2v) is 7.04. The van der Waals surface area contributed by atoms with Crippen LogP contribution in [0.1, 0.15) is 25.0 Å². The third kappa shape index (κ3) is 4.99. The molecule has 0 bridgehead atoms. The van der Waals surface area contributed by atoms with Crippen molar-refractivity contribution < 1.29 is 9.53 Å². The molecule has 3 aromatic rings. The van der Waals surface area contributed by atoms with E-state index in [4.69, 9.17) is 4.74 Å². The predicted molar refractivity (Wildman–Crippen MR) is 112 cm³/mol. The molecule has 0 fully saturated rings. The van der Waals surface area contributed by atoms with Gasteiger partial charge in [-0.25, -0.2) is 0 Å². The van der Waals surface area contributed by atoms with Crippen molar-refractivity contribution >= 4 is 23.4 Å². The van der Waals surface area contributed by atoms with Crippen molar-refractivity contribution in [2.24, 2.45) is 0 Å². The van der Waals surface area contributed by atoms with Crippen LogP contribution in [-0.2, 0) is 22.6 Å². The minimum atomic E-state index is -0.0905. The first kappa shape index (κ1) is 20.1. The lowest BCUT2D eigenvalue weighted by molar-refractivity contribution is -0.113. The van der Waals surface area contributed by atoms with Gasteiger partial charge in [0.2, 0.25) is 5.91 Å². The molecule has 6 nitrogen and oxygen atoms in total. The van der Waals surface area contributed by atoms with Crippen LogP contribution in [-0.4, -0.2) is 33.0 Å². The number of hydrogen-bond acceptors (Lipinski definition) is 5. The highest BCUT2D eigenvalue weighted by Crippen LogP contribution is 2.23. The summed E-state index contributed by atoms with van der Waals surface area (Å²) in [5, 5.41) is 11.9. The highest BCUT2D eigenvalue weighted by Gasteiger charge is 2.13. The molecule has 0 atom stereocenters. The molecular formula is C21H24N4O2S. The van der Waals surface area contributed by atoms with Crippen LogP contribution in [0.5, 0.6) is 0 Å². The van der Waals surface area contributed by atoms with E-state index in [1.165, 1.54) is 17.3 Å². The van der Waals surface area contributed by atoms with Gasteiger partial charge in [-0.3, -0.25) is 9.36 Å². The SMILES string of the molecule is CCOCc1ccccc1NC(=O)CSc1nncn1-c1ccccc1CC. The summed E-state index contributed by atoms with van der Waals surface area (Å²) in [5.41, 5.74) is 3.99. The first-order valence-corrected chi connectivity index (χ1v) is 10.3. The molecule has 0 aliphatic rings. The Morgan fingerprint density at radius 2 is 1.86 bits per heavy atom. The van der Waals surface area contributed by atoms with Crippen molar-refractivity contribution in [3.63, 3.8) is 0 Å². The zero-order valence-electron chi connectivity index (χ0n) is 16.1.